The van der Waals surface area contributed by atoms with Gasteiger partial charge < -0.3 is 15.2 Å². The maximum Gasteiger partial charge on any atom is 0.338 e. The van der Waals surface area contributed by atoms with Gasteiger partial charge in [-0.15, -0.1) is 0 Å². The van der Waals surface area contributed by atoms with Gasteiger partial charge in [-0.25, -0.2) is 14.2 Å². The van der Waals surface area contributed by atoms with Crippen LogP contribution in [-0.4, -0.2) is 29.1 Å². The number of rotatable bonds is 3. The van der Waals surface area contributed by atoms with E-state index in [-0.39, 0.29) is 0 Å². The van der Waals surface area contributed by atoms with Crippen molar-refractivity contribution in [1.29, 1.82) is 0 Å². The standard InChI is InChI=1S/C11H13N3O3/c1-3-17-10(15)7-4-8-6-13-11(12)14(8)9(5-7)16-2/h4-6H,3H2,1-2H3,(H2,12,13). The van der Waals surface area contributed by atoms with Gasteiger partial charge in [-0.1, -0.05) is 0 Å². The van der Waals surface area contributed by atoms with E-state index in [0.29, 0.717) is 29.5 Å². The highest BCUT2D eigenvalue weighted by Gasteiger charge is 2.13. The number of carbonyl (C=O) groups excluding carboxylic acids is 1. The van der Waals surface area contributed by atoms with Gasteiger partial charge in [0.05, 0.1) is 31.0 Å². The SMILES string of the molecule is CCOC(=O)c1cc(OC)n2c(N)ncc2c1. The Morgan fingerprint density at radius 2 is 2.29 bits per heavy atom. The lowest BCUT2D eigenvalue weighted by molar-refractivity contribution is 0.0526. The number of imidazole rings is 1. The molecular weight excluding hydrogens is 222 g/mol. The van der Waals surface area contributed by atoms with Crippen LogP contribution in [0.15, 0.2) is 18.3 Å². The molecule has 2 aromatic rings. The van der Waals surface area contributed by atoms with Gasteiger partial charge in [0.2, 0.25) is 11.8 Å². The molecule has 0 saturated carbocycles. The normalized spacial score (nSPS) is 10.5. The second-order valence-electron chi connectivity index (χ2n) is 3.38. The van der Waals surface area contributed by atoms with Crippen LogP contribution < -0.4 is 10.5 Å². The summed E-state index contributed by atoms with van der Waals surface area (Å²) < 4.78 is 11.7. The molecule has 90 valence electrons. The van der Waals surface area contributed by atoms with Gasteiger partial charge in [0, 0.05) is 6.07 Å². The highest BCUT2D eigenvalue weighted by Crippen LogP contribution is 2.21. The maximum atomic E-state index is 11.6. The zero-order valence-electron chi connectivity index (χ0n) is 9.64. The Labute approximate surface area is 98.0 Å². The zero-order valence-corrected chi connectivity index (χ0v) is 9.64. The second-order valence-corrected chi connectivity index (χ2v) is 3.38. The van der Waals surface area contributed by atoms with Crippen LogP contribution in [0.3, 0.4) is 0 Å². The lowest BCUT2D eigenvalue weighted by Gasteiger charge is -2.08. The molecule has 6 heteroatoms. The van der Waals surface area contributed by atoms with Crippen molar-refractivity contribution in [3.05, 3.63) is 23.9 Å². The van der Waals surface area contributed by atoms with E-state index >= 15 is 0 Å². The summed E-state index contributed by atoms with van der Waals surface area (Å²) in [4.78, 5) is 15.6. The largest absolute Gasteiger partial charge is 0.482 e. The maximum absolute atomic E-state index is 11.6. The van der Waals surface area contributed by atoms with Crippen LogP contribution in [0.1, 0.15) is 17.3 Å². The lowest BCUT2D eigenvalue weighted by Crippen LogP contribution is -2.07. The molecule has 0 saturated heterocycles. The third-order valence-corrected chi connectivity index (χ3v) is 2.34. The van der Waals surface area contributed by atoms with Crippen molar-refractivity contribution in [3.8, 4) is 5.88 Å². The van der Waals surface area contributed by atoms with Crippen LogP contribution >= 0.6 is 0 Å². The Morgan fingerprint density at radius 1 is 1.53 bits per heavy atom. The molecule has 2 N–H and O–H groups in total. The Balaban J connectivity index is 2.57. The van der Waals surface area contributed by atoms with Crippen LogP contribution in [0, 0.1) is 0 Å². The third kappa shape index (κ3) is 1.89. The van der Waals surface area contributed by atoms with Crippen LogP contribution in [-0.2, 0) is 4.74 Å². The minimum atomic E-state index is -0.395. The van der Waals surface area contributed by atoms with Crippen molar-refractivity contribution < 1.29 is 14.3 Å². The third-order valence-electron chi connectivity index (χ3n) is 2.34. The number of pyridine rings is 1. The smallest absolute Gasteiger partial charge is 0.338 e. The number of hydrogen-bond donors (Lipinski definition) is 1. The summed E-state index contributed by atoms with van der Waals surface area (Å²) in [6.07, 6.45) is 1.57. The van der Waals surface area contributed by atoms with Gasteiger partial charge in [0.25, 0.3) is 0 Å². The van der Waals surface area contributed by atoms with Gasteiger partial charge in [0.1, 0.15) is 0 Å². The summed E-state index contributed by atoms with van der Waals surface area (Å²) in [6, 6.07) is 3.23. The fraction of sp³-hybridized carbons (Fsp3) is 0.273. The van der Waals surface area contributed by atoms with Crippen molar-refractivity contribution in [2.75, 3.05) is 19.5 Å². The highest BCUT2D eigenvalue weighted by molar-refractivity contribution is 5.91. The minimum Gasteiger partial charge on any atom is -0.482 e. The van der Waals surface area contributed by atoms with Crippen molar-refractivity contribution >= 4 is 17.4 Å². The number of carbonyl (C=O) groups is 1. The molecule has 0 aliphatic heterocycles. The first-order valence-electron chi connectivity index (χ1n) is 5.15. The first-order valence-corrected chi connectivity index (χ1v) is 5.15. The van der Waals surface area contributed by atoms with Gasteiger partial charge in [-0.2, -0.15) is 0 Å². The number of ether oxygens (including phenoxy) is 2. The van der Waals surface area contributed by atoms with E-state index in [9.17, 15) is 4.79 Å². The fourth-order valence-electron chi connectivity index (χ4n) is 1.60. The van der Waals surface area contributed by atoms with E-state index in [1.54, 1.807) is 29.7 Å². The number of methoxy groups -OCH3 is 1. The fourth-order valence-corrected chi connectivity index (χ4v) is 1.60. The van der Waals surface area contributed by atoms with E-state index in [0.717, 1.165) is 0 Å². The average Bonchev–Trinajstić information content (AvgIpc) is 2.70. The predicted octanol–water partition coefficient (Wildman–Crippen LogP) is 1.10. The summed E-state index contributed by atoms with van der Waals surface area (Å²) in [5, 5.41) is 0. The molecule has 0 aliphatic carbocycles. The molecule has 0 radical (unpaired) electrons. The molecule has 0 fully saturated rings. The summed E-state index contributed by atoms with van der Waals surface area (Å²) in [5.74, 6) is 0.362. The number of aromatic nitrogens is 2. The summed E-state index contributed by atoms with van der Waals surface area (Å²) in [5.41, 5.74) is 6.79. The van der Waals surface area contributed by atoms with E-state index in [2.05, 4.69) is 4.98 Å². The molecule has 0 unspecified atom stereocenters. The summed E-state index contributed by atoms with van der Waals surface area (Å²) in [6.45, 7) is 2.08. The van der Waals surface area contributed by atoms with Crippen LogP contribution in [0.25, 0.3) is 5.52 Å². The summed E-state index contributed by atoms with van der Waals surface area (Å²) >= 11 is 0. The molecule has 6 nitrogen and oxygen atoms in total. The van der Waals surface area contributed by atoms with Crippen molar-refractivity contribution in [2.45, 2.75) is 6.92 Å². The number of nitrogens with zero attached hydrogens (tertiary/aromatic N) is 2. The Kier molecular flexibility index (Phi) is 2.86. The summed E-state index contributed by atoms with van der Waals surface area (Å²) in [7, 11) is 1.50. The quantitative estimate of drug-likeness (QED) is 0.806. The molecule has 0 atom stereocenters. The monoisotopic (exact) mass is 235 g/mol. The van der Waals surface area contributed by atoms with Crippen molar-refractivity contribution in [3.63, 3.8) is 0 Å². The molecular formula is C11H13N3O3. The van der Waals surface area contributed by atoms with E-state index in [4.69, 9.17) is 15.2 Å². The number of hydrogen-bond acceptors (Lipinski definition) is 5. The van der Waals surface area contributed by atoms with Gasteiger partial charge >= 0.3 is 5.97 Å². The molecule has 2 aromatic heterocycles. The molecule has 0 spiro atoms. The predicted molar refractivity (Wildman–Crippen MR) is 62.1 cm³/mol. The molecule has 0 aliphatic rings. The van der Waals surface area contributed by atoms with E-state index < -0.39 is 5.97 Å². The van der Waals surface area contributed by atoms with Crippen molar-refractivity contribution in [1.82, 2.24) is 9.38 Å². The van der Waals surface area contributed by atoms with Crippen LogP contribution in [0.4, 0.5) is 5.95 Å². The van der Waals surface area contributed by atoms with E-state index in [1.807, 2.05) is 0 Å². The molecule has 2 heterocycles. The Morgan fingerprint density at radius 3 is 2.94 bits per heavy atom. The van der Waals surface area contributed by atoms with Gasteiger partial charge in [-0.05, 0) is 13.0 Å². The molecule has 0 bridgehead atoms. The van der Waals surface area contributed by atoms with Crippen LogP contribution in [0.2, 0.25) is 0 Å². The number of esters is 1. The van der Waals surface area contributed by atoms with Gasteiger partial charge in [0.15, 0.2) is 0 Å². The number of nitrogen functional groups attached to an aromatic ring is 1. The van der Waals surface area contributed by atoms with Crippen molar-refractivity contribution in [2.24, 2.45) is 0 Å². The zero-order chi connectivity index (χ0) is 12.4. The molecule has 2 rings (SSSR count). The first kappa shape index (κ1) is 11.3. The Bertz CT molecular complexity index is 562. The van der Waals surface area contributed by atoms with Crippen LogP contribution in [0.5, 0.6) is 5.88 Å². The first-order chi connectivity index (χ1) is 8.17. The highest BCUT2D eigenvalue weighted by atomic mass is 16.5. The molecule has 0 aromatic carbocycles. The average molecular weight is 235 g/mol. The number of nitrogens with two attached hydrogens (primary N) is 1. The van der Waals surface area contributed by atoms with E-state index in [1.165, 1.54) is 7.11 Å². The molecule has 17 heavy (non-hydrogen) atoms. The number of anilines is 1. The number of fused-ring (bicyclic) bond motifs is 1. The topological polar surface area (TPSA) is 78.8 Å². The second kappa shape index (κ2) is 4.32. The Hall–Kier alpha value is -2.24. The van der Waals surface area contributed by atoms with Gasteiger partial charge in [-0.3, -0.25) is 0 Å². The molecule has 0 amide bonds. The lowest BCUT2D eigenvalue weighted by atomic mass is 10.2. The minimum absolute atomic E-state index is 0.312.